The number of esters is 1. The van der Waals surface area contributed by atoms with Crippen molar-refractivity contribution in [2.24, 2.45) is 0 Å². The highest BCUT2D eigenvalue weighted by atomic mass is 32.2. The Balaban J connectivity index is 1.59. The molecule has 0 saturated heterocycles. The quantitative estimate of drug-likeness (QED) is 0.200. The van der Waals surface area contributed by atoms with Crippen molar-refractivity contribution >= 4 is 16.9 Å². The second-order valence-corrected chi connectivity index (χ2v) is 10.8. The predicted octanol–water partition coefficient (Wildman–Crippen LogP) is 7.00. The normalized spacial score (nSPS) is 11.4. The van der Waals surface area contributed by atoms with Gasteiger partial charge in [-0.15, -0.1) is 0 Å². The smallest absolute Gasteiger partial charge is 0.343 e. The Kier molecular flexibility index (Phi) is 6.57. The molecule has 0 unspecified atom stereocenters. The topological polar surface area (TPSA) is 46.5 Å². The van der Waals surface area contributed by atoms with Gasteiger partial charge < -0.3 is 9.84 Å². The molecule has 0 aliphatic rings. The largest absolute Gasteiger partial charge is 0.508 e. The second kappa shape index (κ2) is 9.55. The van der Waals surface area contributed by atoms with Crippen LogP contribution in [0.25, 0.3) is 0 Å². The minimum atomic E-state index is -0.425. The Morgan fingerprint density at radius 2 is 1.24 bits per heavy atom. The molecule has 0 amide bonds. The number of hydrogen-bond donors (Lipinski definition) is 1. The molecule has 3 nitrogen and oxygen atoms in total. The highest BCUT2D eigenvalue weighted by Crippen LogP contribution is 2.34. The van der Waals surface area contributed by atoms with Crippen molar-refractivity contribution in [3.05, 3.63) is 114 Å². The predicted molar refractivity (Wildman–Crippen MR) is 133 cm³/mol. The van der Waals surface area contributed by atoms with Crippen molar-refractivity contribution in [3.8, 4) is 11.5 Å². The number of benzene rings is 4. The number of aromatic hydroxyl groups is 1. The van der Waals surface area contributed by atoms with E-state index in [0.717, 1.165) is 10.5 Å². The lowest BCUT2D eigenvalue weighted by Gasteiger charge is -2.21. The molecule has 4 aromatic carbocycles. The Bertz CT molecular complexity index is 1190. The number of phenols is 1. The van der Waals surface area contributed by atoms with E-state index >= 15 is 0 Å². The third-order valence-electron chi connectivity index (χ3n) is 5.27. The van der Waals surface area contributed by atoms with Crippen LogP contribution in [0.3, 0.4) is 0 Å². The van der Waals surface area contributed by atoms with Gasteiger partial charge in [0.25, 0.3) is 0 Å². The maximum atomic E-state index is 12.8. The van der Waals surface area contributed by atoms with Gasteiger partial charge in [0.05, 0.1) is 16.5 Å². The number of rotatable bonds is 5. The zero-order valence-corrected chi connectivity index (χ0v) is 19.8. The average molecular weight is 456 g/mol. The molecular formula is C29H27O3S+. The van der Waals surface area contributed by atoms with E-state index in [-0.39, 0.29) is 22.1 Å². The molecule has 33 heavy (non-hydrogen) atoms. The van der Waals surface area contributed by atoms with Gasteiger partial charge in [-0.2, -0.15) is 0 Å². The van der Waals surface area contributed by atoms with Gasteiger partial charge in [0, 0.05) is 5.56 Å². The fourth-order valence-electron chi connectivity index (χ4n) is 3.59. The molecule has 0 fully saturated rings. The molecule has 1 N–H and O–H groups in total. The standard InChI is InChI=1S/C29H26O3S/c1-29(2,3)26-20-22(16-19-27(26)30)32-28(31)21-14-17-25(18-15-21)33(23-10-6-4-7-11-23)24-12-8-5-9-13-24/h4-20H,1-3H3/p+1. The first-order chi connectivity index (χ1) is 15.8. The van der Waals surface area contributed by atoms with E-state index in [1.54, 1.807) is 18.2 Å². The third-order valence-corrected chi connectivity index (χ3v) is 7.50. The maximum Gasteiger partial charge on any atom is 0.343 e. The van der Waals surface area contributed by atoms with Gasteiger partial charge in [0.1, 0.15) is 11.5 Å². The lowest BCUT2D eigenvalue weighted by atomic mass is 9.86. The van der Waals surface area contributed by atoms with Crippen LogP contribution in [0.2, 0.25) is 0 Å². The second-order valence-electron chi connectivity index (χ2n) is 8.78. The van der Waals surface area contributed by atoms with E-state index in [1.807, 2.05) is 81.4 Å². The van der Waals surface area contributed by atoms with Gasteiger partial charge in [0.15, 0.2) is 14.7 Å². The van der Waals surface area contributed by atoms with Crippen molar-refractivity contribution in [2.45, 2.75) is 40.9 Å². The first-order valence-electron chi connectivity index (χ1n) is 10.8. The van der Waals surface area contributed by atoms with Crippen LogP contribution in [0.4, 0.5) is 0 Å². The van der Waals surface area contributed by atoms with Crippen molar-refractivity contribution in [1.29, 1.82) is 0 Å². The van der Waals surface area contributed by atoms with Crippen LogP contribution < -0.4 is 4.74 Å². The number of carbonyl (C=O) groups excluding carboxylic acids is 1. The molecule has 0 spiro atoms. The third kappa shape index (κ3) is 5.29. The summed E-state index contributed by atoms with van der Waals surface area (Å²) in [5, 5.41) is 10.2. The Hall–Kier alpha value is -3.50. The first kappa shape index (κ1) is 22.7. The first-order valence-corrected chi connectivity index (χ1v) is 12.1. The van der Waals surface area contributed by atoms with Gasteiger partial charge in [-0.3, -0.25) is 0 Å². The molecular weight excluding hydrogens is 428 g/mol. The number of carbonyl (C=O) groups is 1. The minimum absolute atomic E-state index is 0.195. The summed E-state index contributed by atoms with van der Waals surface area (Å²) in [6.07, 6.45) is 0. The van der Waals surface area contributed by atoms with Gasteiger partial charge in [-0.1, -0.05) is 57.2 Å². The monoisotopic (exact) mass is 455 g/mol. The molecule has 0 heterocycles. The molecule has 0 saturated carbocycles. The van der Waals surface area contributed by atoms with E-state index in [1.165, 1.54) is 9.79 Å². The fourth-order valence-corrected chi connectivity index (χ4v) is 5.68. The maximum absolute atomic E-state index is 12.8. The highest BCUT2D eigenvalue weighted by molar-refractivity contribution is 7.97. The molecule has 4 heteroatoms. The van der Waals surface area contributed by atoms with Gasteiger partial charge in [0.2, 0.25) is 0 Å². The fraction of sp³-hybridized carbons (Fsp3) is 0.138. The Morgan fingerprint density at radius 3 is 1.76 bits per heavy atom. The summed E-state index contributed by atoms with van der Waals surface area (Å²) in [5.41, 5.74) is 0.950. The number of phenolic OH excluding ortho intramolecular Hbond substituents is 1. The average Bonchev–Trinajstić information content (AvgIpc) is 2.81. The van der Waals surface area contributed by atoms with Crippen LogP contribution in [0.5, 0.6) is 11.5 Å². The summed E-state index contributed by atoms with van der Waals surface area (Å²) in [7, 11) is -0.270. The van der Waals surface area contributed by atoms with Crippen LogP contribution in [0.15, 0.2) is 118 Å². The molecule has 4 aromatic rings. The van der Waals surface area contributed by atoms with E-state index in [4.69, 9.17) is 4.74 Å². The van der Waals surface area contributed by atoms with Crippen molar-refractivity contribution in [3.63, 3.8) is 0 Å². The lowest BCUT2D eigenvalue weighted by molar-refractivity contribution is 0.0734. The molecule has 166 valence electrons. The van der Waals surface area contributed by atoms with E-state index in [2.05, 4.69) is 24.3 Å². The van der Waals surface area contributed by atoms with Gasteiger partial charge in [-0.25, -0.2) is 4.79 Å². The zero-order chi connectivity index (χ0) is 23.4. The van der Waals surface area contributed by atoms with Gasteiger partial charge in [-0.05, 0) is 72.1 Å². The van der Waals surface area contributed by atoms with E-state index in [0.29, 0.717) is 11.3 Å². The molecule has 0 radical (unpaired) electrons. The highest BCUT2D eigenvalue weighted by Gasteiger charge is 2.28. The summed E-state index contributed by atoms with van der Waals surface area (Å²) in [5.74, 6) is 0.187. The molecule has 0 aliphatic carbocycles. The number of hydrogen-bond acceptors (Lipinski definition) is 3. The number of ether oxygens (including phenoxy) is 1. The van der Waals surface area contributed by atoms with Crippen LogP contribution in [0, 0.1) is 0 Å². The summed E-state index contributed by atoms with van der Waals surface area (Å²) >= 11 is 0. The van der Waals surface area contributed by atoms with Crippen molar-refractivity contribution in [2.75, 3.05) is 0 Å². The minimum Gasteiger partial charge on any atom is -0.508 e. The zero-order valence-electron chi connectivity index (χ0n) is 19.0. The van der Waals surface area contributed by atoms with Crippen molar-refractivity contribution < 1.29 is 14.6 Å². The SMILES string of the molecule is CC(C)(C)c1cc(OC(=O)c2ccc([S+](c3ccccc3)c3ccccc3)cc2)ccc1O. The summed E-state index contributed by atoms with van der Waals surface area (Å²) in [6, 6.07) is 33.3. The van der Waals surface area contributed by atoms with Crippen LogP contribution in [0.1, 0.15) is 36.7 Å². The Morgan fingerprint density at radius 1 is 0.727 bits per heavy atom. The summed E-state index contributed by atoms with van der Waals surface area (Å²) in [6.45, 7) is 6.01. The van der Waals surface area contributed by atoms with Crippen LogP contribution in [-0.2, 0) is 16.3 Å². The van der Waals surface area contributed by atoms with Crippen molar-refractivity contribution in [1.82, 2.24) is 0 Å². The van der Waals surface area contributed by atoms with Crippen LogP contribution >= 0.6 is 0 Å². The lowest BCUT2D eigenvalue weighted by Crippen LogP contribution is -2.13. The van der Waals surface area contributed by atoms with Crippen LogP contribution in [-0.4, -0.2) is 11.1 Å². The molecule has 0 aromatic heterocycles. The van der Waals surface area contributed by atoms with E-state index < -0.39 is 5.97 Å². The van der Waals surface area contributed by atoms with E-state index in [9.17, 15) is 9.90 Å². The molecule has 0 aliphatic heterocycles. The molecule has 0 bridgehead atoms. The summed E-state index contributed by atoms with van der Waals surface area (Å²) < 4.78 is 5.61. The molecule has 0 atom stereocenters. The molecule has 4 rings (SSSR count). The summed E-state index contributed by atoms with van der Waals surface area (Å²) in [4.78, 5) is 16.4. The van der Waals surface area contributed by atoms with Gasteiger partial charge >= 0.3 is 5.97 Å². The Labute approximate surface area is 198 Å².